The van der Waals surface area contributed by atoms with Gasteiger partial charge >= 0.3 is 0 Å². The summed E-state index contributed by atoms with van der Waals surface area (Å²) in [6, 6.07) is -3.90. The van der Waals surface area contributed by atoms with Crippen LogP contribution in [0, 0.1) is 17.8 Å². The second kappa shape index (κ2) is 19.2. The van der Waals surface area contributed by atoms with Crippen molar-refractivity contribution >= 4 is 35.3 Å². The van der Waals surface area contributed by atoms with Crippen LogP contribution in [0.15, 0.2) is 18.6 Å². The zero-order valence-electron chi connectivity index (χ0n) is 29.3. The first-order valence-corrected chi connectivity index (χ1v) is 17.8. The number of nitrogens with one attached hydrogen (secondary N) is 4. The fourth-order valence-electron chi connectivity index (χ4n) is 6.41. The van der Waals surface area contributed by atoms with Crippen LogP contribution < -0.4 is 21.3 Å². The summed E-state index contributed by atoms with van der Waals surface area (Å²) < 4.78 is 0. The number of likely N-dealkylation sites (tertiary alicyclic amines) is 1. The first kappa shape index (κ1) is 38.5. The smallest absolute Gasteiger partial charge is 0.292 e. The topological polar surface area (TPSA) is 180 Å². The van der Waals surface area contributed by atoms with Crippen molar-refractivity contribution in [1.82, 2.24) is 36.1 Å². The maximum Gasteiger partial charge on any atom is 0.292 e. The van der Waals surface area contributed by atoms with Gasteiger partial charge in [-0.2, -0.15) is 0 Å². The molecule has 13 heteroatoms. The van der Waals surface area contributed by atoms with E-state index in [1.807, 2.05) is 27.7 Å². The summed E-state index contributed by atoms with van der Waals surface area (Å²) in [6.07, 6.45) is 12.4. The molecule has 0 radical (unpaired) electrons. The number of rotatable bonds is 17. The molecule has 0 aromatic carbocycles. The molecule has 1 saturated carbocycles. The van der Waals surface area contributed by atoms with E-state index >= 15 is 0 Å². The highest BCUT2D eigenvalue weighted by molar-refractivity contribution is 6.38. The number of aromatic nitrogens is 2. The molecule has 2 heterocycles. The van der Waals surface area contributed by atoms with Crippen molar-refractivity contribution in [2.75, 3.05) is 13.1 Å². The van der Waals surface area contributed by atoms with Crippen LogP contribution in [-0.2, 0) is 24.0 Å². The van der Waals surface area contributed by atoms with Crippen LogP contribution >= 0.6 is 0 Å². The molecule has 0 bridgehead atoms. The van der Waals surface area contributed by atoms with E-state index < -0.39 is 59.5 Å². The highest BCUT2D eigenvalue weighted by Crippen LogP contribution is 2.27. The molecule has 3 rings (SSSR count). The highest BCUT2D eigenvalue weighted by atomic mass is 16.2. The quantitative estimate of drug-likeness (QED) is 0.183. The Morgan fingerprint density at radius 3 is 2.00 bits per heavy atom. The van der Waals surface area contributed by atoms with Crippen LogP contribution in [0.5, 0.6) is 0 Å². The molecule has 1 aliphatic heterocycles. The summed E-state index contributed by atoms with van der Waals surface area (Å²) in [5, 5.41) is 11.3. The fourth-order valence-corrected chi connectivity index (χ4v) is 6.41. The van der Waals surface area contributed by atoms with E-state index in [0.29, 0.717) is 32.4 Å². The maximum atomic E-state index is 14.0. The van der Waals surface area contributed by atoms with Crippen LogP contribution in [0.4, 0.5) is 0 Å². The maximum absolute atomic E-state index is 14.0. The van der Waals surface area contributed by atoms with Crippen molar-refractivity contribution in [2.45, 2.75) is 129 Å². The lowest BCUT2D eigenvalue weighted by Crippen LogP contribution is -2.60. The minimum absolute atomic E-state index is 0.0499. The van der Waals surface area contributed by atoms with E-state index in [-0.39, 0.29) is 29.9 Å². The van der Waals surface area contributed by atoms with Crippen molar-refractivity contribution in [3.05, 3.63) is 24.3 Å². The minimum atomic E-state index is -1.00. The Kier molecular flexibility index (Phi) is 15.4. The van der Waals surface area contributed by atoms with Crippen molar-refractivity contribution in [2.24, 2.45) is 17.8 Å². The number of ketones is 1. The molecular weight excluding hydrogens is 614 g/mol. The number of hydrogen-bond acceptors (Lipinski definition) is 8. The van der Waals surface area contributed by atoms with Crippen LogP contribution in [0.1, 0.15) is 116 Å². The van der Waals surface area contributed by atoms with Gasteiger partial charge in [0.25, 0.3) is 11.8 Å². The van der Waals surface area contributed by atoms with E-state index in [4.69, 9.17) is 0 Å². The van der Waals surface area contributed by atoms with Crippen molar-refractivity contribution in [3.8, 4) is 0 Å². The van der Waals surface area contributed by atoms with Gasteiger partial charge in [-0.05, 0) is 49.9 Å². The summed E-state index contributed by atoms with van der Waals surface area (Å²) in [7, 11) is 0. The lowest BCUT2D eigenvalue weighted by atomic mass is 9.84. The molecule has 266 valence electrons. The Morgan fingerprint density at radius 2 is 1.42 bits per heavy atom. The van der Waals surface area contributed by atoms with Crippen molar-refractivity contribution in [3.63, 3.8) is 0 Å². The number of hydrogen-bond donors (Lipinski definition) is 4. The molecule has 5 atom stereocenters. The Balaban J connectivity index is 1.78. The lowest BCUT2D eigenvalue weighted by molar-refractivity contribution is -0.146. The van der Waals surface area contributed by atoms with Gasteiger partial charge in [0, 0.05) is 25.5 Å². The Morgan fingerprint density at radius 1 is 0.771 bits per heavy atom. The summed E-state index contributed by atoms with van der Waals surface area (Å²) in [6.45, 7) is 10.4. The molecule has 1 aromatic heterocycles. The molecule has 4 N–H and O–H groups in total. The predicted octanol–water partition coefficient (Wildman–Crippen LogP) is 2.69. The summed E-state index contributed by atoms with van der Waals surface area (Å²) in [5.41, 5.74) is 0.0674. The first-order chi connectivity index (χ1) is 22.9. The molecule has 2 fully saturated rings. The molecule has 1 aromatic rings. The molecule has 1 saturated heterocycles. The average Bonchev–Trinajstić information content (AvgIpc) is 3.63. The zero-order valence-corrected chi connectivity index (χ0v) is 29.3. The minimum Gasteiger partial charge on any atom is -0.344 e. The van der Waals surface area contributed by atoms with Gasteiger partial charge in [0.15, 0.2) is 0 Å². The van der Waals surface area contributed by atoms with Gasteiger partial charge in [0.1, 0.15) is 23.8 Å². The van der Waals surface area contributed by atoms with E-state index in [1.165, 1.54) is 23.5 Å². The van der Waals surface area contributed by atoms with Gasteiger partial charge in [0.2, 0.25) is 23.5 Å². The van der Waals surface area contributed by atoms with Gasteiger partial charge in [-0.3, -0.25) is 33.8 Å². The predicted molar refractivity (Wildman–Crippen MR) is 180 cm³/mol. The Hall–Kier alpha value is -3.90. The van der Waals surface area contributed by atoms with Gasteiger partial charge in [-0.15, -0.1) is 0 Å². The normalized spacial score (nSPS) is 18.2. The molecule has 2 aliphatic rings. The monoisotopic (exact) mass is 669 g/mol. The van der Waals surface area contributed by atoms with Crippen LogP contribution in [0.25, 0.3) is 0 Å². The number of amides is 5. The Bertz CT molecular complexity index is 1250. The number of carbonyl (C=O) groups is 6. The Labute approximate surface area is 284 Å². The highest BCUT2D eigenvalue weighted by Gasteiger charge is 2.36. The van der Waals surface area contributed by atoms with Crippen LogP contribution in [-0.4, -0.2) is 87.4 Å². The number of Topliss-reactive ketones (excluding diaryl/α,β-unsaturated/α-hetero) is 1. The fraction of sp³-hybridized carbons (Fsp3) is 0.714. The van der Waals surface area contributed by atoms with Gasteiger partial charge in [-0.25, -0.2) is 4.98 Å². The summed E-state index contributed by atoms with van der Waals surface area (Å²) in [5.74, 6) is -3.40. The lowest BCUT2D eigenvalue weighted by Gasteiger charge is -2.31. The second-order valence-electron chi connectivity index (χ2n) is 13.8. The van der Waals surface area contributed by atoms with E-state index in [9.17, 15) is 28.8 Å². The zero-order chi connectivity index (χ0) is 35.2. The molecule has 2 unspecified atom stereocenters. The molecular formula is C35H55N7O6. The van der Waals surface area contributed by atoms with Crippen LogP contribution in [0.3, 0.4) is 0 Å². The number of carbonyl (C=O) groups excluding carboxylic acids is 6. The van der Waals surface area contributed by atoms with E-state index in [1.54, 1.807) is 6.92 Å². The largest absolute Gasteiger partial charge is 0.344 e. The third-order valence-electron chi connectivity index (χ3n) is 9.49. The first-order valence-electron chi connectivity index (χ1n) is 17.8. The van der Waals surface area contributed by atoms with Gasteiger partial charge in [0.05, 0.1) is 12.2 Å². The van der Waals surface area contributed by atoms with E-state index in [2.05, 4.69) is 31.2 Å². The molecule has 5 amide bonds. The SMILES string of the molecule is CCC(NC(=O)[C@H](CC1CCCCC1)NC(=O)[C@@H](NC(=O)[C@H](CC(C)C)NC(=O)c1cnccn1)C(C)CC)C(=O)C(=O)N1CCCC1. The molecule has 1 aliphatic carbocycles. The molecule has 0 spiro atoms. The standard InChI is InChI=1S/C35H55N7O6/c1-6-23(5)29(41-32(45)26(19-22(3)4)39-33(46)28-21-36-15-16-37-28)34(47)40-27(20-24-13-9-8-10-14-24)31(44)38-25(7-2)30(43)35(48)42-17-11-12-18-42/h15-16,21-27,29H,6-14,17-20H2,1-5H3,(H,38,44)(H,39,46)(H,40,47)(H,41,45)/t23?,25?,26-,27-,29-/m0/s1. The van der Waals surface area contributed by atoms with Crippen molar-refractivity contribution < 1.29 is 28.8 Å². The van der Waals surface area contributed by atoms with Gasteiger partial charge in [-0.1, -0.05) is 73.1 Å². The third-order valence-corrected chi connectivity index (χ3v) is 9.49. The summed E-state index contributed by atoms with van der Waals surface area (Å²) in [4.78, 5) is 89.7. The number of nitrogens with zero attached hydrogens (tertiary/aromatic N) is 3. The van der Waals surface area contributed by atoms with Gasteiger partial charge < -0.3 is 26.2 Å². The van der Waals surface area contributed by atoms with Crippen LogP contribution in [0.2, 0.25) is 0 Å². The van der Waals surface area contributed by atoms with E-state index in [0.717, 1.165) is 44.9 Å². The molecule has 48 heavy (non-hydrogen) atoms. The third kappa shape index (κ3) is 11.4. The van der Waals surface area contributed by atoms with Crippen molar-refractivity contribution in [1.29, 1.82) is 0 Å². The average molecular weight is 670 g/mol. The molecule has 13 nitrogen and oxygen atoms in total. The summed E-state index contributed by atoms with van der Waals surface area (Å²) >= 11 is 0. The second-order valence-corrected chi connectivity index (χ2v) is 13.8.